The normalized spacial score (nSPS) is 11.0. The summed E-state index contributed by atoms with van der Waals surface area (Å²) in [5.41, 5.74) is 2.64. The zero-order chi connectivity index (χ0) is 23.0. The molecule has 32 heavy (non-hydrogen) atoms. The molecule has 0 bridgehead atoms. The molecule has 1 N–H and O–H groups in total. The Labute approximate surface area is 188 Å². The summed E-state index contributed by atoms with van der Waals surface area (Å²) >= 11 is 0. The molecule has 0 unspecified atom stereocenters. The second-order valence-corrected chi connectivity index (χ2v) is 9.54. The number of carbonyl (C=O) groups is 2. The number of sulfone groups is 1. The molecule has 0 aliphatic heterocycles. The second kappa shape index (κ2) is 10.7. The van der Waals surface area contributed by atoms with Crippen molar-refractivity contribution in [1.82, 2.24) is 9.88 Å². The van der Waals surface area contributed by atoms with Crippen LogP contribution in [0.15, 0.2) is 79.1 Å². The number of carbonyl (C=O) groups excluding carboxylic acids is 2. The maximum atomic E-state index is 12.6. The quantitative estimate of drug-likeness (QED) is 0.540. The number of amides is 2. The first-order valence-corrected chi connectivity index (χ1v) is 11.9. The number of hydrogen-bond acceptors (Lipinski definition) is 5. The van der Waals surface area contributed by atoms with E-state index in [9.17, 15) is 18.0 Å². The monoisotopic (exact) mass is 451 g/mol. The van der Waals surface area contributed by atoms with Gasteiger partial charge in [0, 0.05) is 37.2 Å². The van der Waals surface area contributed by atoms with Gasteiger partial charge >= 0.3 is 0 Å². The van der Waals surface area contributed by atoms with Crippen molar-refractivity contribution in [3.8, 4) is 0 Å². The Morgan fingerprint density at radius 2 is 1.56 bits per heavy atom. The molecule has 1 aromatic heterocycles. The van der Waals surface area contributed by atoms with Crippen molar-refractivity contribution in [3.63, 3.8) is 0 Å². The van der Waals surface area contributed by atoms with Crippen LogP contribution in [-0.2, 0) is 26.8 Å². The van der Waals surface area contributed by atoms with E-state index in [4.69, 9.17) is 0 Å². The topological polar surface area (TPSA) is 96.4 Å². The Morgan fingerprint density at radius 3 is 2.22 bits per heavy atom. The highest BCUT2D eigenvalue weighted by Gasteiger charge is 2.18. The number of anilines is 1. The Hall–Kier alpha value is -3.52. The molecule has 3 rings (SSSR count). The van der Waals surface area contributed by atoms with Gasteiger partial charge in [0.1, 0.15) is 5.75 Å². The van der Waals surface area contributed by atoms with E-state index in [-0.39, 0.29) is 11.7 Å². The van der Waals surface area contributed by atoms with Crippen molar-refractivity contribution < 1.29 is 18.0 Å². The number of hydrogen-bond donors (Lipinski definition) is 1. The van der Waals surface area contributed by atoms with Gasteiger partial charge in [0.2, 0.25) is 5.91 Å². The number of nitrogens with zero attached hydrogens (tertiary/aromatic N) is 2. The SMILES string of the molecule is CN(CCc1ccncc1)C(=O)c1ccc(CS(=O)(=O)CC(=O)Nc2ccccc2)cc1. The molecule has 0 atom stereocenters. The Bertz CT molecular complexity index is 1150. The van der Waals surface area contributed by atoms with Gasteiger partial charge in [-0.25, -0.2) is 8.42 Å². The van der Waals surface area contributed by atoms with Crippen LogP contribution in [-0.4, -0.2) is 49.5 Å². The molecular weight excluding hydrogens is 426 g/mol. The third-order valence-corrected chi connectivity index (χ3v) is 6.30. The van der Waals surface area contributed by atoms with E-state index in [2.05, 4.69) is 10.3 Å². The Kier molecular flexibility index (Phi) is 7.72. The molecule has 0 aliphatic rings. The predicted molar refractivity (Wildman–Crippen MR) is 124 cm³/mol. The molecule has 8 heteroatoms. The first-order chi connectivity index (χ1) is 15.3. The average molecular weight is 452 g/mol. The molecular formula is C24H25N3O4S. The molecule has 166 valence electrons. The fourth-order valence-electron chi connectivity index (χ4n) is 3.13. The van der Waals surface area contributed by atoms with Gasteiger partial charge in [-0.2, -0.15) is 0 Å². The number of para-hydroxylation sites is 1. The summed E-state index contributed by atoms with van der Waals surface area (Å²) in [5.74, 6) is -1.61. The molecule has 3 aromatic rings. The van der Waals surface area contributed by atoms with E-state index in [1.807, 2.05) is 12.1 Å². The largest absolute Gasteiger partial charge is 0.341 e. The average Bonchev–Trinajstić information content (AvgIpc) is 2.78. The fraction of sp³-hybridized carbons (Fsp3) is 0.208. The Balaban J connectivity index is 1.53. The maximum Gasteiger partial charge on any atom is 0.253 e. The summed E-state index contributed by atoms with van der Waals surface area (Å²) in [5, 5.41) is 2.57. The van der Waals surface area contributed by atoms with Gasteiger partial charge in [-0.15, -0.1) is 0 Å². The summed E-state index contributed by atoms with van der Waals surface area (Å²) in [6, 6.07) is 18.9. The molecule has 0 aliphatic carbocycles. The second-order valence-electron chi connectivity index (χ2n) is 7.48. The standard InChI is InChI=1S/C24H25N3O4S/c1-27(16-13-19-11-14-25-15-12-19)24(29)21-9-7-20(8-10-21)17-32(30,31)18-23(28)26-22-5-3-2-4-6-22/h2-12,14-15H,13,16-18H2,1H3,(H,26,28). The molecule has 0 saturated heterocycles. The highest BCUT2D eigenvalue weighted by molar-refractivity contribution is 7.91. The zero-order valence-electron chi connectivity index (χ0n) is 17.8. The molecule has 0 spiro atoms. The summed E-state index contributed by atoms with van der Waals surface area (Å²) in [4.78, 5) is 30.3. The zero-order valence-corrected chi connectivity index (χ0v) is 18.6. The van der Waals surface area contributed by atoms with E-state index in [1.165, 1.54) is 0 Å². The van der Waals surface area contributed by atoms with E-state index in [1.54, 1.807) is 78.9 Å². The third-order valence-electron chi connectivity index (χ3n) is 4.83. The van der Waals surface area contributed by atoms with Crippen LogP contribution in [0.4, 0.5) is 5.69 Å². The molecule has 0 radical (unpaired) electrons. The highest BCUT2D eigenvalue weighted by atomic mass is 32.2. The number of likely N-dealkylation sites (N-methyl/N-ethyl adjacent to an activating group) is 1. The van der Waals surface area contributed by atoms with Crippen molar-refractivity contribution in [3.05, 3.63) is 95.8 Å². The lowest BCUT2D eigenvalue weighted by molar-refractivity contribution is -0.113. The van der Waals surface area contributed by atoms with Crippen molar-refractivity contribution in [1.29, 1.82) is 0 Å². The lowest BCUT2D eigenvalue weighted by Gasteiger charge is -2.17. The number of nitrogens with one attached hydrogen (secondary N) is 1. The van der Waals surface area contributed by atoms with Crippen LogP contribution in [0, 0.1) is 0 Å². The van der Waals surface area contributed by atoms with Crippen LogP contribution in [0.3, 0.4) is 0 Å². The predicted octanol–water partition coefficient (Wildman–Crippen LogP) is 2.95. The van der Waals surface area contributed by atoms with Crippen LogP contribution in [0.2, 0.25) is 0 Å². The van der Waals surface area contributed by atoms with Crippen molar-refractivity contribution in [2.45, 2.75) is 12.2 Å². The molecule has 2 amide bonds. The summed E-state index contributed by atoms with van der Waals surface area (Å²) < 4.78 is 24.8. The number of benzene rings is 2. The molecule has 0 saturated carbocycles. The van der Waals surface area contributed by atoms with E-state index >= 15 is 0 Å². The summed E-state index contributed by atoms with van der Waals surface area (Å²) in [6.45, 7) is 0.551. The molecule has 2 aromatic carbocycles. The van der Waals surface area contributed by atoms with E-state index in [0.29, 0.717) is 29.8 Å². The van der Waals surface area contributed by atoms with Gasteiger partial charge < -0.3 is 10.2 Å². The van der Waals surface area contributed by atoms with Gasteiger partial charge in [-0.3, -0.25) is 14.6 Å². The van der Waals surface area contributed by atoms with Crippen LogP contribution in [0.5, 0.6) is 0 Å². The van der Waals surface area contributed by atoms with Crippen molar-refractivity contribution in [2.75, 3.05) is 24.7 Å². The smallest absolute Gasteiger partial charge is 0.253 e. The van der Waals surface area contributed by atoms with Crippen LogP contribution >= 0.6 is 0 Å². The third kappa shape index (κ3) is 7.02. The Morgan fingerprint density at radius 1 is 0.906 bits per heavy atom. The van der Waals surface area contributed by atoms with Crippen molar-refractivity contribution >= 4 is 27.3 Å². The number of pyridine rings is 1. The highest BCUT2D eigenvalue weighted by Crippen LogP contribution is 2.12. The van der Waals surface area contributed by atoms with Crippen LogP contribution < -0.4 is 5.32 Å². The minimum atomic E-state index is -3.66. The maximum absolute atomic E-state index is 12.6. The minimum absolute atomic E-state index is 0.143. The van der Waals surface area contributed by atoms with E-state index < -0.39 is 21.5 Å². The number of rotatable bonds is 9. The molecule has 1 heterocycles. The number of aromatic nitrogens is 1. The fourth-order valence-corrected chi connectivity index (χ4v) is 4.41. The van der Waals surface area contributed by atoms with Crippen LogP contribution in [0.25, 0.3) is 0 Å². The van der Waals surface area contributed by atoms with Gasteiger partial charge in [0.15, 0.2) is 9.84 Å². The molecule has 0 fully saturated rings. The minimum Gasteiger partial charge on any atom is -0.341 e. The van der Waals surface area contributed by atoms with Gasteiger partial charge in [0.05, 0.1) is 5.75 Å². The lowest BCUT2D eigenvalue weighted by Crippen LogP contribution is -2.28. The van der Waals surface area contributed by atoms with Gasteiger partial charge in [0.25, 0.3) is 5.91 Å². The first-order valence-electron chi connectivity index (χ1n) is 10.1. The summed E-state index contributed by atoms with van der Waals surface area (Å²) in [6.07, 6.45) is 4.15. The van der Waals surface area contributed by atoms with E-state index in [0.717, 1.165) is 5.56 Å². The summed E-state index contributed by atoms with van der Waals surface area (Å²) in [7, 11) is -1.93. The molecule has 7 nitrogen and oxygen atoms in total. The first kappa shape index (κ1) is 23.1. The van der Waals surface area contributed by atoms with Crippen LogP contribution in [0.1, 0.15) is 21.5 Å². The lowest BCUT2D eigenvalue weighted by atomic mass is 10.1. The van der Waals surface area contributed by atoms with Gasteiger partial charge in [-0.1, -0.05) is 30.3 Å². The van der Waals surface area contributed by atoms with Gasteiger partial charge in [-0.05, 0) is 53.9 Å². The van der Waals surface area contributed by atoms with Crippen molar-refractivity contribution in [2.24, 2.45) is 0 Å².